The summed E-state index contributed by atoms with van der Waals surface area (Å²) in [6.45, 7) is 0. The van der Waals surface area contributed by atoms with Gasteiger partial charge in [-0.2, -0.15) is 0 Å². The Hall–Kier alpha value is -0.650. The standard InChI is InChI=1S/C16H23N3OS.ClH/c17-14-10-2-1-3-11(14)7-12(6-10)15(20)19-16-18-13(8-21-16)9-4-5-9;/h8-12,14H,1-7,17H2,(H,18,19,20);1H. The Morgan fingerprint density at radius 3 is 2.55 bits per heavy atom. The molecule has 3 aliphatic rings. The van der Waals surface area contributed by atoms with Crippen molar-refractivity contribution < 1.29 is 4.79 Å². The second-order valence-electron chi connectivity index (χ2n) is 7.04. The first-order valence-electron chi connectivity index (χ1n) is 8.22. The van der Waals surface area contributed by atoms with Crippen LogP contribution in [-0.4, -0.2) is 16.9 Å². The van der Waals surface area contributed by atoms with Gasteiger partial charge in [0, 0.05) is 23.3 Å². The van der Waals surface area contributed by atoms with Crippen LogP contribution in [-0.2, 0) is 4.79 Å². The molecule has 2 bridgehead atoms. The maximum absolute atomic E-state index is 12.5. The van der Waals surface area contributed by atoms with Crippen molar-refractivity contribution in [3.05, 3.63) is 11.1 Å². The first-order chi connectivity index (χ1) is 10.2. The molecule has 1 aromatic rings. The van der Waals surface area contributed by atoms with E-state index in [1.165, 1.54) is 32.1 Å². The lowest BCUT2D eigenvalue weighted by molar-refractivity contribution is -0.122. The minimum absolute atomic E-state index is 0. The highest BCUT2D eigenvalue weighted by Crippen LogP contribution is 2.43. The molecule has 3 N–H and O–H groups in total. The number of carbonyl (C=O) groups is 1. The second kappa shape index (κ2) is 6.46. The number of carbonyl (C=O) groups excluding carboxylic acids is 1. The third-order valence-corrected chi connectivity index (χ3v) is 6.31. The fourth-order valence-electron chi connectivity index (χ4n) is 4.12. The first kappa shape index (κ1) is 16.2. The number of halogens is 1. The van der Waals surface area contributed by atoms with Crippen LogP contribution in [0.25, 0.3) is 0 Å². The van der Waals surface area contributed by atoms with E-state index in [9.17, 15) is 4.79 Å². The smallest absolute Gasteiger partial charge is 0.229 e. The van der Waals surface area contributed by atoms with Gasteiger partial charge in [0.05, 0.1) is 5.69 Å². The van der Waals surface area contributed by atoms with E-state index in [4.69, 9.17) is 5.73 Å². The fraction of sp³-hybridized carbons (Fsp3) is 0.750. The van der Waals surface area contributed by atoms with Gasteiger partial charge in [0.25, 0.3) is 0 Å². The van der Waals surface area contributed by atoms with Crippen molar-refractivity contribution in [3.8, 4) is 0 Å². The van der Waals surface area contributed by atoms with Crippen LogP contribution in [0.1, 0.15) is 56.6 Å². The topological polar surface area (TPSA) is 68.0 Å². The molecule has 4 nitrogen and oxygen atoms in total. The number of nitrogens with two attached hydrogens (primary N) is 1. The molecule has 0 radical (unpaired) electrons. The van der Waals surface area contributed by atoms with Crippen LogP contribution >= 0.6 is 23.7 Å². The number of rotatable bonds is 3. The first-order valence-corrected chi connectivity index (χ1v) is 9.10. The number of amides is 1. The zero-order valence-electron chi connectivity index (χ0n) is 12.7. The summed E-state index contributed by atoms with van der Waals surface area (Å²) in [5.74, 6) is 2.04. The van der Waals surface area contributed by atoms with Crippen LogP contribution in [0.4, 0.5) is 5.13 Å². The van der Waals surface area contributed by atoms with Gasteiger partial charge >= 0.3 is 0 Å². The average molecular weight is 342 g/mol. The molecular formula is C16H24ClN3OS. The molecule has 3 fully saturated rings. The molecule has 1 heterocycles. The van der Waals surface area contributed by atoms with Gasteiger partial charge in [-0.1, -0.05) is 6.42 Å². The molecule has 0 spiro atoms. The number of anilines is 1. The number of aromatic nitrogens is 1. The van der Waals surface area contributed by atoms with Gasteiger partial charge < -0.3 is 11.1 Å². The summed E-state index contributed by atoms with van der Waals surface area (Å²) in [4.78, 5) is 17.1. The number of hydrogen-bond acceptors (Lipinski definition) is 4. The predicted molar refractivity (Wildman–Crippen MR) is 91.5 cm³/mol. The van der Waals surface area contributed by atoms with Crippen LogP contribution in [0.2, 0.25) is 0 Å². The van der Waals surface area contributed by atoms with Gasteiger partial charge in [-0.15, -0.1) is 23.7 Å². The largest absolute Gasteiger partial charge is 0.327 e. The minimum atomic E-state index is 0. The predicted octanol–water partition coefficient (Wildman–Crippen LogP) is 3.53. The van der Waals surface area contributed by atoms with E-state index in [1.807, 2.05) is 0 Å². The van der Waals surface area contributed by atoms with Crippen LogP contribution in [0, 0.1) is 17.8 Å². The highest BCUT2D eigenvalue weighted by Gasteiger charge is 2.40. The van der Waals surface area contributed by atoms with Crippen molar-refractivity contribution >= 4 is 34.8 Å². The Bertz CT molecular complexity index is 531. The Balaban J connectivity index is 0.00000144. The van der Waals surface area contributed by atoms with Crippen molar-refractivity contribution in [2.75, 3.05) is 5.32 Å². The van der Waals surface area contributed by atoms with Crippen molar-refractivity contribution in [1.82, 2.24) is 4.98 Å². The van der Waals surface area contributed by atoms with Gasteiger partial charge in [0.2, 0.25) is 5.91 Å². The molecule has 6 heteroatoms. The second-order valence-corrected chi connectivity index (χ2v) is 7.90. The summed E-state index contributed by atoms with van der Waals surface area (Å²) in [5, 5.41) is 5.92. The monoisotopic (exact) mass is 341 g/mol. The van der Waals surface area contributed by atoms with E-state index in [-0.39, 0.29) is 24.2 Å². The third-order valence-electron chi connectivity index (χ3n) is 5.53. The highest BCUT2D eigenvalue weighted by molar-refractivity contribution is 7.13. The van der Waals surface area contributed by atoms with E-state index < -0.39 is 0 Å². The molecule has 3 saturated carbocycles. The van der Waals surface area contributed by atoms with Crippen LogP contribution in [0.3, 0.4) is 0 Å². The number of hydrogen-bond donors (Lipinski definition) is 2. The normalized spacial score (nSPS) is 33.9. The van der Waals surface area contributed by atoms with Gasteiger partial charge in [0.15, 0.2) is 5.13 Å². The molecule has 0 aliphatic heterocycles. The zero-order chi connectivity index (χ0) is 14.4. The molecule has 2 atom stereocenters. The highest BCUT2D eigenvalue weighted by atomic mass is 35.5. The zero-order valence-corrected chi connectivity index (χ0v) is 14.3. The lowest BCUT2D eigenvalue weighted by atomic mass is 9.65. The van der Waals surface area contributed by atoms with Gasteiger partial charge in [-0.3, -0.25) is 4.79 Å². The number of nitrogens with one attached hydrogen (secondary N) is 1. The summed E-state index contributed by atoms with van der Waals surface area (Å²) in [7, 11) is 0. The number of fused-ring (bicyclic) bond motifs is 2. The molecule has 122 valence electrons. The van der Waals surface area contributed by atoms with Crippen molar-refractivity contribution in [3.63, 3.8) is 0 Å². The summed E-state index contributed by atoms with van der Waals surface area (Å²) in [5.41, 5.74) is 7.47. The van der Waals surface area contributed by atoms with Crippen LogP contribution < -0.4 is 11.1 Å². The maximum atomic E-state index is 12.5. The van der Waals surface area contributed by atoms with E-state index in [1.54, 1.807) is 11.3 Å². The lowest BCUT2D eigenvalue weighted by Gasteiger charge is -2.43. The molecule has 0 aromatic carbocycles. The third kappa shape index (κ3) is 3.17. The fourth-order valence-corrected chi connectivity index (χ4v) is 4.92. The van der Waals surface area contributed by atoms with Gasteiger partial charge in [0.1, 0.15) is 0 Å². The van der Waals surface area contributed by atoms with Crippen molar-refractivity contribution in [1.29, 1.82) is 0 Å². The Labute approximate surface area is 141 Å². The van der Waals surface area contributed by atoms with Crippen LogP contribution in [0.15, 0.2) is 5.38 Å². The number of nitrogens with zero attached hydrogens (tertiary/aromatic N) is 1. The summed E-state index contributed by atoms with van der Waals surface area (Å²) in [6, 6.07) is 0.323. The molecule has 4 rings (SSSR count). The number of thiazole rings is 1. The lowest BCUT2D eigenvalue weighted by Crippen LogP contribution is -2.48. The van der Waals surface area contributed by atoms with Gasteiger partial charge in [-0.05, 0) is 50.4 Å². The quantitative estimate of drug-likeness (QED) is 0.883. The minimum Gasteiger partial charge on any atom is -0.327 e. The summed E-state index contributed by atoms with van der Waals surface area (Å²) >= 11 is 1.56. The molecular weight excluding hydrogens is 318 g/mol. The molecule has 3 aliphatic carbocycles. The molecule has 2 unspecified atom stereocenters. The maximum Gasteiger partial charge on any atom is 0.229 e. The van der Waals surface area contributed by atoms with Crippen molar-refractivity contribution in [2.45, 2.75) is 56.9 Å². The molecule has 0 saturated heterocycles. The Morgan fingerprint density at radius 2 is 1.91 bits per heavy atom. The molecule has 22 heavy (non-hydrogen) atoms. The Kier molecular flexibility index (Phi) is 4.76. The van der Waals surface area contributed by atoms with E-state index in [2.05, 4.69) is 15.7 Å². The van der Waals surface area contributed by atoms with Crippen LogP contribution in [0.5, 0.6) is 0 Å². The average Bonchev–Trinajstić information content (AvgIpc) is 3.19. The van der Waals surface area contributed by atoms with Crippen molar-refractivity contribution in [2.24, 2.45) is 23.5 Å². The van der Waals surface area contributed by atoms with E-state index >= 15 is 0 Å². The van der Waals surface area contributed by atoms with Gasteiger partial charge in [-0.25, -0.2) is 4.98 Å². The SMILES string of the molecule is Cl.NC1C2CCCC1CC(C(=O)Nc1nc(C3CC3)cs1)C2. The molecule has 1 amide bonds. The summed E-state index contributed by atoms with van der Waals surface area (Å²) in [6.07, 6.45) is 8.11. The van der Waals surface area contributed by atoms with E-state index in [0.29, 0.717) is 23.8 Å². The Morgan fingerprint density at radius 1 is 1.23 bits per heavy atom. The molecule has 1 aromatic heterocycles. The van der Waals surface area contributed by atoms with E-state index in [0.717, 1.165) is 23.7 Å². The summed E-state index contributed by atoms with van der Waals surface area (Å²) < 4.78 is 0.